The monoisotopic (exact) mass is 406 g/mol. The molecular weight excluding hydrogens is 383 g/mol. The number of amides is 1. The number of carbonyl (C=O) groups excluding carboxylic acids is 2. The third-order valence-electron chi connectivity index (χ3n) is 4.74. The zero-order chi connectivity index (χ0) is 19.2. The van der Waals surface area contributed by atoms with Gasteiger partial charge in [-0.25, -0.2) is 9.18 Å². The molecule has 7 heteroatoms. The average molecular weight is 407 g/mol. The van der Waals surface area contributed by atoms with Gasteiger partial charge < -0.3 is 15.4 Å². The Kier molecular flexibility index (Phi) is 7.96. The van der Waals surface area contributed by atoms with Crippen LogP contribution < -0.4 is 10.6 Å². The van der Waals surface area contributed by atoms with Crippen molar-refractivity contribution in [3.05, 3.63) is 65.0 Å². The number of benzene rings is 2. The molecule has 1 saturated heterocycles. The lowest BCUT2D eigenvalue weighted by Gasteiger charge is -2.10. The van der Waals surface area contributed by atoms with Crippen LogP contribution in [0.2, 0.25) is 0 Å². The third-order valence-corrected chi connectivity index (χ3v) is 4.74. The number of rotatable bonds is 6. The SMILES string of the molecule is COC(=O)c1ccc(F)c(NC(=O)Cc2ccc(CC3CCNC3)cc2)c1.Cl. The molecule has 150 valence electrons. The van der Waals surface area contributed by atoms with E-state index in [9.17, 15) is 14.0 Å². The molecule has 0 aliphatic carbocycles. The molecule has 1 unspecified atom stereocenters. The highest BCUT2D eigenvalue weighted by Crippen LogP contribution is 2.18. The second-order valence-corrected chi connectivity index (χ2v) is 6.79. The van der Waals surface area contributed by atoms with Crippen LogP contribution in [-0.2, 0) is 22.4 Å². The number of halogens is 2. The quantitative estimate of drug-likeness (QED) is 0.722. The molecule has 2 N–H and O–H groups in total. The van der Waals surface area contributed by atoms with Crippen molar-refractivity contribution in [3.8, 4) is 0 Å². The highest BCUT2D eigenvalue weighted by atomic mass is 35.5. The van der Waals surface area contributed by atoms with Gasteiger partial charge in [-0.15, -0.1) is 12.4 Å². The Morgan fingerprint density at radius 3 is 2.54 bits per heavy atom. The van der Waals surface area contributed by atoms with Crippen molar-refractivity contribution in [2.24, 2.45) is 5.92 Å². The third kappa shape index (κ3) is 5.78. The van der Waals surface area contributed by atoms with Crippen molar-refractivity contribution in [2.75, 3.05) is 25.5 Å². The van der Waals surface area contributed by atoms with Crippen LogP contribution >= 0.6 is 12.4 Å². The summed E-state index contributed by atoms with van der Waals surface area (Å²) in [5.74, 6) is -0.858. The summed E-state index contributed by atoms with van der Waals surface area (Å²) in [5, 5.41) is 5.88. The lowest BCUT2D eigenvalue weighted by atomic mass is 9.97. The molecule has 1 heterocycles. The number of hydrogen-bond donors (Lipinski definition) is 2. The van der Waals surface area contributed by atoms with Crippen molar-refractivity contribution >= 4 is 30.0 Å². The fourth-order valence-electron chi connectivity index (χ4n) is 3.26. The topological polar surface area (TPSA) is 67.4 Å². The van der Waals surface area contributed by atoms with Crippen LogP contribution in [0.4, 0.5) is 10.1 Å². The first-order valence-corrected chi connectivity index (χ1v) is 9.01. The molecule has 1 atom stereocenters. The lowest BCUT2D eigenvalue weighted by molar-refractivity contribution is -0.115. The molecule has 1 amide bonds. The van der Waals surface area contributed by atoms with E-state index in [-0.39, 0.29) is 36.0 Å². The molecule has 1 fully saturated rings. The molecule has 28 heavy (non-hydrogen) atoms. The van der Waals surface area contributed by atoms with E-state index >= 15 is 0 Å². The van der Waals surface area contributed by atoms with E-state index in [4.69, 9.17) is 0 Å². The Balaban J connectivity index is 0.00000280. The molecule has 0 bridgehead atoms. The van der Waals surface area contributed by atoms with Gasteiger partial charge in [0.1, 0.15) is 5.82 Å². The van der Waals surface area contributed by atoms with Crippen LogP contribution in [0.3, 0.4) is 0 Å². The smallest absolute Gasteiger partial charge is 0.337 e. The van der Waals surface area contributed by atoms with Gasteiger partial charge >= 0.3 is 5.97 Å². The Morgan fingerprint density at radius 1 is 1.18 bits per heavy atom. The number of anilines is 1. The van der Waals surface area contributed by atoms with Crippen LogP contribution in [0.5, 0.6) is 0 Å². The van der Waals surface area contributed by atoms with Gasteiger partial charge in [-0.1, -0.05) is 24.3 Å². The van der Waals surface area contributed by atoms with E-state index in [1.165, 1.54) is 31.2 Å². The molecule has 0 aromatic heterocycles. The van der Waals surface area contributed by atoms with Gasteiger partial charge in [-0.05, 0) is 61.2 Å². The summed E-state index contributed by atoms with van der Waals surface area (Å²) >= 11 is 0. The molecular formula is C21H24ClFN2O3. The van der Waals surface area contributed by atoms with Crippen LogP contribution in [0.1, 0.15) is 27.9 Å². The minimum atomic E-state index is -0.600. The van der Waals surface area contributed by atoms with E-state index in [1.54, 1.807) is 0 Å². The van der Waals surface area contributed by atoms with Gasteiger partial charge in [-0.2, -0.15) is 0 Å². The first-order valence-electron chi connectivity index (χ1n) is 9.01. The molecule has 2 aromatic rings. The number of esters is 1. The zero-order valence-electron chi connectivity index (χ0n) is 15.7. The lowest BCUT2D eigenvalue weighted by Crippen LogP contribution is -2.16. The predicted octanol–water partition coefficient (Wildman–Crippen LogP) is 3.37. The first kappa shape index (κ1) is 21.9. The highest BCUT2D eigenvalue weighted by Gasteiger charge is 2.15. The van der Waals surface area contributed by atoms with Gasteiger partial charge in [0.15, 0.2) is 0 Å². The standard InChI is InChI=1S/C21H23FN2O3.ClH/c1-27-21(26)17-6-7-18(22)19(12-17)24-20(25)11-15-4-2-14(3-5-15)10-16-8-9-23-13-16;/h2-7,12,16,23H,8-11,13H2,1H3,(H,24,25);1H. The molecule has 3 rings (SSSR count). The average Bonchev–Trinajstić information content (AvgIpc) is 3.17. The highest BCUT2D eigenvalue weighted by molar-refractivity contribution is 5.95. The van der Waals surface area contributed by atoms with Gasteiger partial charge in [0.25, 0.3) is 0 Å². The van der Waals surface area contributed by atoms with Crippen molar-refractivity contribution < 1.29 is 18.7 Å². The van der Waals surface area contributed by atoms with Crippen LogP contribution in [0.25, 0.3) is 0 Å². The van der Waals surface area contributed by atoms with E-state index in [0.29, 0.717) is 5.92 Å². The van der Waals surface area contributed by atoms with Crippen LogP contribution in [0.15, 0.2) is 42.5 Å². The maximum Gasteiger partial charge on any atom is 0.337 e. The largest absolute Gasteiger partial charge is 0.465 e. The maximum atomic E-state index is 13.9. The molecule has 1 aliphatic heterocycles. The van der Waals surface area contributed by atoms with Crippen LogP contribution in [0, 0.1) is 11.7 Å². The number of hydrogen-bond acceptors (Lipinski definition) is 4. The predicted molar refractivity (Wildman–Crippen MR) is 108 cm³/mol. The Hall–Kier alpha value is -2.44. The number of carbonyl (C=O) groups is 2. The molecule has 2 aromatic carbocycles. The summed E-state index contributed by atoms with van der Waals surface area (Å²) in [6, 6.07) is 11.7. The summed E-state index contributed by atoms with van der Waals surface area (Å²) in [6.45, 7) is 2.14. The van der Waals surface area contributed by atoms with Gasteiger partial charge in [0.2, 0.25) is 5.91 Å². The fraction of sp³-hybridized carbons (Fsp3) is 0.333. The van der Waals surface area contributed by atoms with Gasteiger partial charge in [-0.3, -0.25) is 4.79 Å². The minimum absolute atomic E-state index is 0. The van der Waals surface area contributed by atoms with Crippen molar-refractivity contribution in [3.63, 3.8) is 0 Å². The number of nitrogens with one attached hydrogen (secondary N) is 2. The molecule has 0 saturated carbocycles. The van der Waals surface area contributed by atoms with Gasteiger partial charge in [0, 0.05) is 0 Å². The second-order valence-electron chi connectivity index (χ2n) is 6.79. The summed E-state index contributed by atoms with van der Waals surface area (Å²) in [4.78, 5) is 23.8. The number of ether oxygens (including phenoxy) is 1. The number of methoxy groups -OCH3 is 1. The summed E-state index contributed by atoms with van der Waals surface area (Å²) < 4.78 is 18.5. The summed E-state index contributed by atoms with van der Waals surface area (Å²) in [7, 11) is 1.25. The molecule has 5 nitrogen and oxygen atoms in total. The molecule has 0 radical (unpaired) electrons. The Morgan fingerprint density at radius 2 is 1.89 bits per heavy atom. The summed E-state index contributed by atoms with van der Waals surface area (Å²) in [6.07, 6.45) is 2.36. The second kappa shape index (κ2) is 10.2. The van der Waals surface area contributed by atoms with E-state index in [1.807, 2.05) is 24.3 Å². The van der Waals surface area contributed by atoms with Crippen LogP contribution in [-0.4, -0.2) is 32.1 Å². The molecule has 0 spiro atoms. The van der Waals surface area contributed by atoms with Crippen molar-refractivity contribution in [1.29, 1.82) is 0 Å². The van der Waals surface area contributed by atoms with E-state index < -0.39 is 11.8 Å². The van der Waals surface area contributed by atoms with E-state index in [0.717, 1.165) is 31.1 Å². The Labute approximate surface area is 170 Å². The normalized spacial score (nSPS) is 15.6. The first-order chi connectivity index (χ1) is 13.0. The Bertz CT molecular complexity index is 821. The zero-order valence-corrected chi connectivity index (χ0v) is 16.5. The summed E-state index contributed by atoms with van der Waals surface area (Å²) in [5.41, 5.74) is 2.25. The van der Waals surface area contributed by atoms with Gasteiger partial charge in [0.05, 0.1) is 24.8 Å². The fourth-order valence-corrected chi connectivity index (χ4v) is 3.26. The van der Waals surface area contributed by atoms with E-state index in [2.05, 4.69) is 15.4 Å². The van der Waals surface area contributed by atoms with Crippen molar-refractivity contribution in [2.45, 2.75) is 19.3 Å². The molecule has 1 aliphatic rings. The maximum absolute atomic E-state index is 13.9. The van der Waals surface area contributed by atoms with Crippen molar-refractivity contribution in [1.82, 2.24) is 5.32 Å². The minimum Gasteiger partial charge on any atom is -0.465 e.